The average Bonchev–Trinajstić information content (AvgIpc) is 3.17. The van der Waals surface area contributed by atoms with Crippen molar-refractivity contribution in [1.29, 1.82) is 5.41 Å². The Balaban J connectivity index is 1.44. The van der Waals surface area contributed by atoms with E-state index in [0.29, 0.717) is 22.7 Å². The second kappa shape index (κ2) is 9.49. The summed E-state index contributed by atoms with van der Waals surface area (Å²) >= 11 is -0.679. The summed E-state index contributed by atoms with van der Waals surface area (Å²) in [5.74, 6) is 0.758. The molecule has 4 N–H and O–H groups in total. The predicted octanol–water partition coefficient (Wildman–Crippen LogP) is 4.97. The van der Waals surface area contributed by atoms with Crippen LogP contribution in [-0.4, -0.2) is 29.1 Å². The summed E-state index contributed by atoms with van der Waals surface area (Å²) in [5.41, 5.74) is 11.0. The van der Waals surface area contributed by atoms with Crippen LogP contribution in [0.3, 0.4) is 0 Å². The summed E-state index contributed by atoms with van der Waals surface area (Å²) in [6.07, 6.45) is 1.72. The quantitative estimate of drug-likeness (QED) is 0.125. The Morgan fingerprint density at radius 2 is 1.83 bits per heavy atom. The zero-order valence-corrected chi connectivity index (χ0v) is 20.4. The first kappa shape index (κ1) is 23.0. The van der Waals surface area contributed by atoms with Crippen LogP contribution in [0.2, 0.25) is 0 Å². The van der Waals surface area contributed by atoms with Crippen molar-refractivity contribution in [3.05, 3.63) is 90.1 Å². The fraction of sp³-hybridized carbons (Fsp3) is 0.0800. The van der Waals surface area contributed by atoms with E-state index in [0.717, 1.165) is 32.7 Å². The highest BCUT2D eigenvalue weighted by Gasteiger charge is 2.18. The number of pyridine rings is 1. The molecule has 1 atom stereocenters. The van der Waals surface area contributed by atoms with Crippen LogP contribution in [0, 0.1) is 5.41 Å². The number of fused-ring (bicyclic) bond motifs is 2. The number of thioether (sulfide) groups is 1. The van der Waals surface area contributed by atoms with E-state index in [-0.39, 0.29) is 5.84 Å². The van der Waals surface area contributed by atoms with Gasteiger partial charge < -0.3 is 10.3 Å². The minimum Gasteiger partial charge on any atom is -0.384 e. The van der Waals surface area contributed by atoms with Gasteiger partial charge in [-0.05, 0) is 48.0 Å². The van der Waals surface area contributed by atoms with E-state index < -0.39 is 11.3 Å². The van der Waals surface area contributed by atoms with E-state index in [1.54, 1.807) is 24.0 Å². The fourth-order valence-corrected chi connectivity index (χ4v) is 5.40. The molecule has 8 nitrogen and oxygen atoms in total. The van der Waals surface area contributed by atoms with Gasteiger partial charge in [-0.3, -0.25) is 14.9 Å². The number of aromatic nitrogens is 3. The number of anilines is 2. The lowest BCUT2D eigenvalue weighted by molar-refractivity contribution is 0.564. The minimum absolute atomic E-state index is 0.0496. The zero-order valence-electron chi connectivity index (χ0n) is 18.8. The van der Waals surface area contributed by atoms with Crippen LogP contribution in [-0.2, 0) is 24.1 Å². The minimum atomic E-state index is -2.27. The molecule has 0 saturated heterocycles. The van der Waals surface area contributed by atoms with E-state index >= 15 is 0 Å². The van der Waals surface area contributed by atoms with Crippen molar-refractivity contribution in [2.45, 2.75) is 10.9 Å². The number of aryl methyl sites for hydroxylation is 1. The van der Waals surface area contributed by atoms with Crippen LogP contribution in [0.5, 0.6) is 0 Å². The first-order valence-electron chi connectivity index (χ1n) is 10.7. The molecule has 0 aliphatic rings. The van der Waals surface area contributed by atoms with Crippen molar-refractivity contribution in [3.63, 3.8) is 0 Å². The SMILES string of the molecule is Cn1c(SCc2ccc(C(=N)N)cc2)nc2cc(N(c3ccc4ncccc4c3)S(=O)O)ccc21. The Morgan fingerprint density at radius 3 is 2.57 bits per heavy atom. The van der Waals surface area contributed by atoms with Gasteiger partial charge in [0.25, 0.3) is 11.3 Å². The first-order valence-corrected chi connectivity index (χ1v) is 12.7. The van der Waals surface area contributed by atoms with Crippen LogP contribution >= 0.6 is 11.8 Å². The molecule has 176 valence electrons. The monoisotopic (exact) mass is 502 g/mol. The van der Waals surface area contributed by atoms with Gasteiger partial charge in [0.15, 0.2) is 5.16 Å². The van der Waals surface area contributed by atoms with Crippen molar-refractivity contribution in [2.75, 3.05) is 4.31 Å². The summed E-state index contributed by atoms with van der Waals surface area (Å²) in [6, 6.07) is 22.4. The van der Waals surface area contributed by atoms with Gasteiger partial charge in [0.1, 0.15) is 5.84 Å². The molecule has 0 spiro atoms. The summed E-state index contributed by atoms with van der Waals surface area (Å²) in [7, 11) is 1.95. The van der Waals surface area contributed by atoms with Crippen molar-refractivity contribution in [2.24, 2.45) is 12.8 Å². The maximum absolute atomic E-state index is 12.3. The number of hydrogen-bond acceptors (Lipinski definition) is 5. The maximum Gasteiger partial charge on any atom is 0.266 e. The third kappa shape index (κ3) is 4.63. The van der Waals surface area contributed by atoms with Gasteiger partial charge in [-0.1, -0.05) is 42.1 Å². The number of benzene rings is 3. The van der Waals surface area contributed by atoms with Gasteiger partial charge in [-0.2, -0.15) is 0 Å². The third-order valence-corrected chi connectivity index (χ3v) is 7.50. The van der Waals surface area contributed by atoms with Gasteiger partial charge >= 0.3 is 0 Å². The molecule has 0 aliphatic carbocycles. The molecule has 0 bridgehead atoms. The Labute approximate surface area is 208 Å². The predicted molar refractivity (Wildman–Crippen MR) is 142 cm³/mol. The molecule has 35 heavy (non-hydrogen) atoms. The second-order valence-electron chi connectivity index (χ2n) is 7.93. The molecule has 2 aromatic heterocycles. The van der Waals surface area contributed by atoms with Gasteiger partial charge in [0.2, 0.25) is 0 Å². The molecule has 0 amide bonds. The number of imidazole rings is 1. The number of rotatable bonds is 7. The molecule has 0 saturated carbocycles. The van der Waals surface area contributed by atoms with Crippen LogP contribution < -0.4 is 10.0 Å². The number of nitrogens with zero attached hydrogens (tertiary/aromatic N) is 4. The standard InChI is InChI=1S/C25H22N6O2S2/c1-30-23-11-9-20(31(35(32)33)19-8-10-21-18(13-19)3-2-12-28-21)14-22(23)29-25(30)34-15-16-4-6-17(7-5-16)24(26)27/h2-14H,15H2,1H3,(H3,26,27)(H,32,33). The summed E-state index contributed by atoms with van der Waals surface area (Å²) in [4.78, 5) is 9.09. The molecule has 2 heterocycles. The van der Waals surface area contributed by atoms with Crippen LogP contribution in [0.1, 0.15) is 11.1 Å². The van der Waals surface area contributed by atoms with Crippen molar-refractivity contribution in [3.8, 4) is 0 Å². The molecule has 0 radical (unpaired) electrons. The fourth-order valence-electron chi connectivity index (χ4n) is 3.87. The highest BCUT2D eigenvalue weighted by Crippen LogP contribution is 2.33. The van der Waals surface area contributed by atoms with Crippen LogP contribution in [0.4, 0.5) is 11.4 Å². The number of hydrogen-bond donors (Lipinski definition) is 3. The molecule has 0 aliphatic heterocycles. The largest absolute Gasteiger partial charge is 0.384 e. The summed E-state index contributed by atoms with van der Waals surface area (Å²) in [6.45, 7) is 0. The molecule has 5 aromatic rings. The number of amidine groups is 1. The number of nitrogen functional groups attached to an aromatic ring is 1. The topological polar surface area (TPSA) is 121 Å². The Kier molecular flexibility index (Phi) is 6.25. The lowest BCUT2D eigenvalue weighted by atomic mass is 10.1. The van der Waals surface area contributed by atoms with Crippen molar-refractivity contribution >= 4 is 62.2 Å². The molecule has 10 heteroatoms. The number of nitrogens with two attached hydrogens (primary N) is 1. The average molecular weight is 503 g/mol. The maximum atomic E-state index is 12.3. The highest BCUT2D eigenvalue weighted by molar-refractivity contribution is 7.98. The van der Waals surface area contributed by atoms with E-state index in [1.807, 2.05) is 78.3 Å². The normalized spacial score (nSPS) is 12.2. The molecule has 1 unspecified atom stereocenters. The summed E-state index contributed by atoms with van der Waals surface area (Å²) in [5, 5.41) is 9.23. The first-order chi connectivity index (χ1) is 16.9. The van der Waals surface area contributed by atoms with Gasteiger partial charge in [0, 0.05) is 29.9 Å². The number of nitrogens with one attached hydrogen (secondary N) is 1. The van der Waals surface area contributed by atoms with Gasteiger partial charge in [-0.25, -0.2) is 13.5 Å². The molecular weight excluding hydrogens is 480 g/mol. The Morgan fingerprint density at radius 1 is 1.09 bits per heavy atom. The van der Waals surface area contributed by atoms with Gasteiger partial charge in [0.05, 0.1) is 27.9 Å². The Hall–Kier alpha value is -3.73. The molecule has 0 fully saturated rings. The Bertz CT molecular complexity index is 1580. The smallest absolute Gasteiger partial charge is 0.266 e. The highest BCUT2D eigenvalue weighted by atomic mass is 32.2. The molecule has 5 rings (SSSR count). The van der Waals surface area contributed by atoms with Crippen LogP contribution in [0.25, 0.3) is 21.9 Å². The summed E-state index contributed by atoms with van der Waals surface area (Å²) < 4.78 is 25.8. The van der Waals surface area contributed by atoms with Crippen molar-refractivity contribution in [1.82, 2.24) is 14.5 Å². The third-order valence-electron chi connectivity index (χ3n) is 5.67. The zero-order chi connectivity index (χ0) is 24.5. The van der Waals surface area contributed by atoms with E-state index in [1.165, 1.54) is 4.31 Å². The van der Waals surface area contributed by atoms with E-state index in [2.05, 4.69) is 4.98 Å². The van der Waals surface area contributed by atoms with E-state index in [4.69, 9.17) is 16.1 Å². The van der Waals surface area contributed by atoms with Crippen LogP contribution in [0.15, 0.2) is 84.1 Å². The van der Waals surface area contributed by atoms with E-state index in [9.17, 15) is 8.76 Å². The lowest BCUT2D eigenvalue weighted by Crippen LogP contribution is -2.19. The van der Waals surface area contributed by atoms with Gasteiger partial charge in [-0.15, -0.1) is 0 Å². The molecular formula is C25H22N6O2S2. The van der Waals surface area contributed by atoms with Crippen molar-refractivity contribution < 1.29 is 8.76 Å². The molecule has 3 aromatic carbocycles. The second-order valence-corrected chi connectivity index (χ2v) is 9.70. The lowest BCUT2D eigenvalue weighted by Gasteiger charge is -2.20.